The van der Waals surface area contributed by atoms with Gasteiger partial charge in [-0.1, -0.05) is 12.1 Å². The first-order chi connectivity index (χ1) is 10.7. The molecule has 1 aromatic rings. The molecule has 1 rings (SSSR count). The maximum Gasteiger partial charge on any atom is 0.405 e. The minimum absolute atomic E-state index is 0.0268. The second kappa shape index (κ2) is 8.16. The van der Waals surface area contributed by atoms with Crippen molar-refractivity contribution in [2.24, 2.45) is 0 Å². The summed E-state index contributed by atoms with van der Waals surface area (Å²) >= 11 is 0. The van der Waals surface area contributed by atoms with Gasteiger partial charge in [0.05, 0.1) is 12.1 Å². The number of carbonyl (C=O) groups excluding carboxylic acids is 2. The van der Waals surface area contributed by atoms with Crippen LogP contribution >= 0.6 is 0 Å². The fraction of sp³-hybridized carbons (Fsp3) is 0.357. The summed E-state index contributed by atoms with van der Waals surface area (Å²) < 4.78 is 35.6. The molecule has 0 radical (unpaired) electrons. The Hall–Kier alpha value is -2.58. The van der Waals surface area contributed by atoms with Gasteiger partial charge in [0.1, 0.15) is 6.54 Å². The van der Waals surface area contributed by atoms with Crippen molar-refractivity contribution < 1.29 is 32.7 Å². The number of amides is 2. The lowest BCUT2D eigenvalue weighted by molar-refractivity contribution is -0.138. The van der Waals surface area contributed by atoms with Crippen LogP contribution in [0.15, 0.2) is 24.3 Å². The van der Waals surface area contributed by atoms with Gasteiger partial charge < -0.3 is 15.7 Å². The molecule has 6 nitrogen and oxygen atoms in total. The first-order valence-electron chi connectivity index (χ1n) is 6.60. The lowest BCUT2D eigenvalue weighted by atomic mass is 10.1. The normalized spacial score (nSPS) is 10.9. The minimum atomic E-state index is -4.50. The Morgan fingerprint density at radius 1 is 1.00 bits per heavy atom. The second-order valence-electron chi connectivity index (χ2n) is 4.67. The van der Waals surface area contributed by atoms with Crippen molar-refractivity contribution in [2.45, 2.75) is 19.0 Å². The molecule has 0 spiro atoms. The third-order valence-electron chi connectivity index (χ3n) is 2.77. The number of hydrogen-bond acceptors (Lipinski definition) is 3. The third kappa shape index (κ3) is 7.84. The average molecular weight is 332 g/mol. The van der Waals surface area contributed by atoms with Crippen LogP contribution in [0.2, 0.25) is 0 Å². The van der Waals surface area contributed by atoms with Crippen molar-refractivity contribution in [3.63, 3.8) is 0 Å². The van der Waals surface area contributed by atoms with Gasteiger partial charge >= 0.3 is 12.1 Å². The highest BCUT2D eigenvalue weighted by molar-refractivity contribution is 5.87. The van der Waals surface area contributed by atoms with Crippen molar-refractivity contribution in [2.75, 3.05) is 13.1 Å². The lowest BCUT2D eigenvalue weighted by Gasteiger charge is -2.09. The molecule has 0 unspecified atom stereocenters. The molecule has 0 bridgehead atoms. The Morgan fingerprint density at radius 3 is 2.13 bits per heavy atom. The lowest BCUT2D eigenvalue weighted by Crippen LogP contribution is -2.40. The number of carbonyl (C=O) groups is 3. The molecule has 9 heteroatoms. The average Bonchev–Trinajstić information content (AvgIpc) is 2.48. The first-order valence-corrected chi connectivity index (χ1v) is 6.60. The zero-order valence-corrected chi connectivity index (χ0v) is 11.9. The van der Waals surface area contributed by atoms with Crippen LogP contribution in [0.3, 0.4) is 0 Å². The summed E-state index contributed by atoms with van der Waals surface area (Å²) in [4.78, 5) is 33.2. The monoisotopic (exact) mass is 332 g/mol. The molecule has 0 aliphatic rings. The van der Waals surface area contributed by atoms with Crippen molar-refractivity contribution in [1.29, 1.82) is 0 Å². The van der Waals surface area contributed by atoms with Gasteiger partial charge in [-0.15, -0.1) is 0 Å². The highest BCUT2D eigenvalue weighted by atomic mass is 19.4. The predicted octanol–water partition coefficient (Wildman–Crippen LogP) is 1.11. The van der Waals surface area contributed by atoms with E-state index in [2.05, 4.69) is 5.32 Å². The Kier molecular flexibility index (Phi) is 6.55. The van der Waals surface area contributed by atoms with Gasteiger partial charge in [0.15, 0.2) is 0 Å². The molecule has 0 aliphatic carbocycles. The van der Waals surface area contributed by atoms with Crippen LogP contribution in [-0.2, 0) is 16.0 Å². The number of rotatable bonds is 7. The van der Waals surface area contributed by atoms with E-state index < -0.39 is 37.0 Å². The number of nitrogens with one attached hydrogen (secondary N) is 2. The zero-order valence-electron chi connectivity index (χ0n) is 11.9. The topological polar surface area (TPSA) is 95.5 Å². The second-order valence-corrected chi connectivity index (χ2v) is 4.67. The molecule has 0 saturated heterocycles. The molecule has 0 aliphatic heterocycles. The maximum atomic E-state index is 11.9. The SMILES string of the molecule is O=C(CCc1ccc(C(=O)O)cc1)NCC(=O)NCC(F)(F)F. The summed E-state index contributed by atoms with van der Waals surface area (Å²) in [5, 5.41) is 12.6. The summed E-state index contributed by atoms with van der Waals surface area (Å²) in [6.45, 7) is -1.98. The van der Waals surface area contributed by atoms with Crippen LogP contribution in [-0.4, -0.2) is 42.2 Å². The highest BCUT2D eigenvalue weighted by Gasteiger charge is 2.27. The van der Waals surface area contributed by atoms with Gasteiger partial charge in [0, 0.05) is 6.42 Å². The quantitative estimate of drug-likeness (QED) is 0.697. The molecule has 0 aromatic heterocycles. The van der Waals surface area contributed by atoms with E-state index >= 15 is 0 Å². The molecular formula is C14H15F3N2O4. The Bertz CT molecular complexity index is 570. The molecule has 1 aromatic carbocycles. The van der Waals surface area contributed by atoms with Crippen molar-refractivity contribution in [3.8, 4) is 0 Å². The molecule has 0 atom stereocenters. The molecule has 23 heavy (non-hydrogen) atoms. The number of aryl methyl sites for hydroxylation is 1. The molecular weight excluding hydrogens is 317 g/mol. The number of halogens is 3. The van der Waals surface area contributed by atoms with E-state index in [1.807, 2.05) is 0 Å². The standard InChI is InChI=1S/C14H15F3N2O4/c15-14(16,17)8-19-12(21)7-18-11(20)6-3-9-1-4-10(5-2-9)13(22)23/h1-2,4-5H,3,6-8H2,(H,18,20)(H,19,21)(H,22,23). The van der Waals surface area contributed by atoms with E-state index in [-0.39, 0.29) is 12.0 Å². The predicted molar refractivity (Wildman–Crippen MR) is 73.8 cm³/mol. The van der Waals surface area contributed by atoms with Crippen molar-refractivity contribution in [1.82, 2.24) is 10.6 Å². The Labute approximate surface area is 129 Å². The van der Waals surface area contributed by atoms with Crippen LogP contribution in [0, 0.1) is 0 Å². The van der Waals surface area contributed by atoms with Gasteiger partial charge in [-0.25, -0.2) is 4.79 Å². The zero-order chi connectivity index (χ0) is 17.5. The van der Waals surface area contributed by atoms with Crippen LogP contribution in [0.1, 0.15) is 22.3 Å². The molecule has 0 saturated carbocycles. The smallest absolute Gasteiger partial charge is 0.405 e. The number of benzene rings is 1. The number of carboxylic acid groups (broad SMARTS) is 1. The number of hydrogen-bond donors (Lipinski definition) is 3. The summed E-state index contributed by atoms with van der Waals surface area (Å²) in [7, 11) is 0. The first kappa shape index (κ1) is 18.5. The fourth-order valence-corrected chi connectivity index (χ4v) is 1.60. The fourth-order valence-electron chi connectivity index (χ4n) is 1.60. The number of alkyl halides is 3. The van der Waals surface area contributed by atoms with E-state index in [9.17, 15) is 27.6 Å². The molecule has 0 fully saturated rings. The van der Waals surface area contributed by atoms with Crippen LogP contribution in [0.5, 0.6) is 0 Å². The van der Waals surface area contributed by atoms with Gasteiger partial charge in [0.2, 0.25) is 11.8 Å². The summed E-state index contributed by atoms with van der Waals surface area (Å²) in [5.74, 6) is -2.48. The minimum Gasteiger partial charge on any atom is -0.478 e. The molecule has 0 heterocycles. The van der Waals surface area contributed by atoms with E-state index in [1.54, 1.807) is 17.4 Å². The Morgan fingerprint density at radius 2 is 1.61 bits per heavy atom. The number of carboxylic acids is 1. The van der Waals surface area contributed by atoms with Gasteiger partial charge in [-0.3, -0.25) is 9.59 Å². The van der Waals surface area contributed by atoms with E-state index in [0.29, 0.717) is 6.42 Å². The highest BCUT2D eigenvalue weighted by Crippen LogP contribution is 2.11. The maximum absolute atomic E-state index is 11.9. The van der Waals surface area contributed by atoms with Gasteiger partial charge in [0.25, 0.3) is 0 Å². The van der Waals surface area contributed by atoms with Gasteiger partial charge in [-0.2, -0.15) is 13.2 Å². The largest absolute Gasteiger partial charge is 0.478 e. The molecule has 126 valence electrons. The van der Waals surface area contributed by atoms with Crippen LogP contribution in [0.4, 0.5) is 13.2 Å². The summed E-state index contributed by atoms with van der Waals surface area (Å²) in [6, 6.07) is 5.93. The summed E-state index contributed by atoms with van der Waals surface area (Å²) in [5.41, 5.74) is 0.853. The third-order valence-corrected chi connectivity index (χ3v) is 2.77. The van der Waals surface area contributed by atoms with E-state index in [1.165, 1.54) is 12.1 Å². The molecule has 2 amide bonds. The number of aromatic carboxylic acids is 1. The van der Waals surface area contributed by atoms with Gasteiger partial charge in [-0.05, 0) is 24.1 Å². The van der Waals surface area contributed by atoms with Crippen LogP contribution in [0.25, 0.3) is 0 Å². The Balaban J connectivity index is 2.29. The van der Waals surface area contributed by atoms with Crippen LogP contribution < -0.4 is 10.6 Å². The van der Waals surface area contributed by atoms with E-state index in [4.69, 9.17) is 5.11 Å². The van der Waals surface area contributed by atoms with E-state index in [0.717, 1.165) is 5.56 Å². The molecule has 3 N–H and O–H groups in total. The van der Waals surface area contributed by atoms with Crippen molar-refractivity contribution >= 4 is 17.8 Å². The summed E-state index contributed by atoms with van der Waals surface area (Å²) in [6.07, 6.45) is -4.16. The van der Waals surface area contributed by atoms with Crippen molar-refractivity contribution in [3.05, 3.63) is 35.4 Å².